The van der Waals surface area contributed by atoms with E-state index in [-0.39, 0.29) is 23.1 Å². The number of carbonyl (C=O) groups is 1. The van der Waals surface area contributed by atoms with Gasteiger partial charge in [0.2, 0.25) is 0 Å². The van der Waals surface area contributed by atoms with Crippen LogP contribution in [0, 0.1) is 0 Å². The molecule has 1 aliphatic heterocycles. The lowest BCUT2D eigenvalue weighted by Crippen LogP contribution is -2.42. The van der Waals surface area contributed by atoms with Crippen LogP contribution in [0.4, 0.5) is 0 Å². The minimum atomic E-state index is -0.327. The second-order valence-electron chi connectivity index (χ2n) is 5.83. The Morgan fingerprint density at radius 1 is 1.26 bits per heavy atom. The molecule has 1 aromatic carbocycles. The first-order valence-electron chi connectivity index (χ1n) is 7.95. The van der Waals surface area contributed by atoms with Gasteiger partial charge in [-0.3, -0.25) is 9.59 Å². The van der Waals surface area contributed by atoms with E-state index in [0.717, 1.165) is 30.6 Å². The third kappa shape index (κ3) is 3.19. The smallest absolute Gasteiger partial charge is 0.261 e. The van der Waals surface area contributed by atoms with Crippen LogP contribution in [0.15, 0.2) is 47.3 Å². The van der Waals surface area contributed by atoms with Crippen LogP contribution >= 0.6 is 0 Å². The number of rotatable bonds is 4. The highest BCUT2D eigenvalue weighted by Crippen LogP contribution is 2.20. The van der Waals surface area contributed by atoms with Gasteiger partial charge in [0, 0.05) is 24.8 Å². The highest BCUT2D eigenvalue weighted by atomic mass is 16.2. The average Bonchev–Trinajstić information content (AvgIpc) is 3.03. The molecule has 1 aromatic heterocycles. The summed E-state index contributed by atoms with van der Waals surface area (Å²) >= 11 is 0. The van der Waals surface area contributed by atoms with Gasteiger partial charge in [0.15, 0.2) is 0 Å². The van der Waals surface area contributed by atoms with Crippen LogP contribution in [0.5, 0.6) is 0 Å². The summed E-state index contributed by atoms with van der Waals surface area (Å²) in [5.41, 5.74) is 1.54. The van der Waals surface area contributed by atoms with Gasteiger partial charge < -0.3 is 15.2 Å². The molecule has 0 radical (unpaired) electrons. The fraction of sp³-hybridized carbons (Fsp3) is 0.333. The maximum absolute atomic E-state index is 12.7. The molecule has 0 spiro atoms. The summed E-state index contributed by atoms with van der Waals surface area (Å²) in [7, 11) is 1.88. The van der Waals surface area contributed by atoms with Crippen LogP contribution in [0.2, 0.25) is 0 Å². The number of nitrogens with zero attached hydrogens (tertiary/aromatic N) is 1. The molecule has 1 aliphatic rings. The van der Waals surface area contributed by atoms with Crippen molar-refractivity contribution in [3.05, 3.63) is 58.4 Å². The first-order valence-corrected chi connectivity index (χ1v) is 7.95. The summed E-state index contributed by atoms with van der Waals surface area (Å²) in [4.78, 5) is 29.7. The monoisotopic (exact) mass is 311 g/mol. The van der Waals surface area contributed by atoms with E-state index < -0.39 is 0 Å². The molecule has 0 saturated carbocycles. The Hall–Kier alpha value is -2.40. The van der Waals surface area contributed by atoms with Crippen LogP contribution in [-0.2, 0) is 0 Å². The molecule has 2 heterocycles. The van der Waals surface area contributed by atoms with E-state index in [4.69, 9.17) is 0 Å². The Balaban J connectivity index is 1.86. The molecular weight excluding hydrogens is 290 g/mol. The number of likely N-dealkylation sites (N-methyl/N-ethyl adjacent to an activating group) is 1. The van der Waals surface area contributed by atoms with E-state index in [1.54, 1.807) is 12.1 Å². The number of aromatic amines is 1. The largest absolute Gasteiger partial charge is 0.334 e. The van der Waals surface area contributed by atoms with Crippen molar-refractivity contribution in [1.29, 1.82) is 0 Å². The number of likely N-dealkylation sites (tertiary alicyclic amines) is 1. The van der Waals surface area contributed by atoms with Crippen LogP contribution in [0.25, 0.3) is 11.3 Å². The van der Waals surface area contributed by atoms with Gasteiger partial charge in [0.25, 0.3) is 11.5 Å². The molecular formula is C18H21N3O2. The van der Waals surface area contributed by atoms with Crippen LogP contribution < -0.4 is 10.9 Å². The third-order valence-corrected chi connectivity index (χ3v) is 4.30. The molecule has 120 valence electrons. The lowest BCUT2D eigenvalue weighted by Gasteiger charge is -2.24. The molecule has 1 atom stereocenters. The Morgan fingerprint density at radius 2 is 2.04 bits per heavy atom. The summed E-state index contributed by atoms with van der Waals surface area (Å²) < 4.78 is 0. The number of hydrogen-bond acceptors (Lipinski definition) is 3. The molecule has 5 nitrogen and oxygen atoms in total. The quantitative estimate of drug-likeness (QED) is 0.906. The maximum Gasteiger partial charge on any atom is 0.261 e. The fourth-order valence-electron chi connectivity index (χ4n) is 3.13. The Bertz CT molecular complexity index is 739. The molecule has 5 heteroatoms. The molecule has 0 aliphatic carbocycles. The third-order valence-electron chi connectivity index (χ3n) is 4.30. The predicted molar refractivity (Wildman–Crippen MR) is 90.5 cm³/mol. The summed E-state index contributed by atoms with van der Waals surface area (Å²) in [5, 5.41) is 3.11. The minimum absolute atomic E-state index is 0.167. The SMILES string of the molecule is CNCC1CCCN1C(=O)c1ccc(-c2ccccc2)[nH]c1=O. The Morgan fingerprint density at radius 3 is 2.74 bits per heavy atom. The van der Waals surface area contributed by atoms with Crippen LogP contribution in [0.3, 0.4) is 0 Å². The van der Waals surface area contributed by atoms with Crippen molar-refractivity contribution in [1.82, 2.24) is 15.2 Å². The maximum atomic E-state index is 12.7. The second kappa shape index (κ2) is 6.79. The number of pyridine rings is 1. The number of aromatic nitrogens is 1. The van der Waals surface area contributed by atoms with Gasteiger partial charge in [-0.1, -0.05) is 30.3 Å². The fourth-order valence-corrected chi connectivity index (χ4v) is 3.13. The predicted octanol–water partition coefficient (Wildman–Crippen LogP) is 1.87. The highest BCUT2D eigenvalue weighted by Gasteiger charge is 2.30. The zero-order valence-electron chi connectivity index (χ0n) is 13.2. The van der Waals surface area contributed by atoms with E-state index in [1.165, 1.54) is 0 Å². The van der Waals surface area contributed by atoms with Crippen molar-refractivity contribution in [2.45, 2.75) is 18.9 Å². The molecule has 2 aromatic rings. The zero-order chi connectivity index (χ0) is 16.2. The topological polar surface area (TPSA) is 65.2 Å². The zero-order valence-corrected chi connectivity index (χ0v) is 13.2. The molecule has 1 fully saturated rings. The van der Waals surface area contributed by atoms with Crippen molar-refractivity contribution in [2.24, 2.45) is 0 Å². The number of amides is 1. The number of carbonyl (C=O) groups excluding carboxylic acids is 1. The van der Waals surface area contributed by atoms with E-state index >= 15 is 0 Å². The van der Waals surface area contributed by atoms with Crippen molar-refractivity contribution in [3.63, 3.8) is 0 Å². The van der Waals surface area contributed by atoms with Crippen molar-refractivity contribution in [2.75, 3.05) is 20.1 Å². The van der Waals surface area contributed by atoms with E-state index in [1.807, 2.05) is 42.3 Å². The van der Waals surface area contributed by atoms with Gasteiger partial charge in [-0.05, 0) is 37.6 Å². The van der Waals surface area contributed by atoms with Gasteiger partial charge >= 0.3 is 0 Å². The lowest BCUT2D eigenvalue weighted by molar-refractivity contribution is 0.0735. The van der Waals surface area contributed by atoms with E-state index in [0.29, 0.717) is 6.54 Å². The van der Waals surface area contributed by atoms with Gasteiger partial charge in [0.1, 0.15) is 5.56 Å². The molecule has 3 rings (SSSR count). The van der Waals surface area contributed by atoms with Crippen molar-refractivity contribution in [3.8, 4) is 11.3 Å². The van der Waals surface area contributed by atoms with Gasteiger partial charge in [-0.15, -0.1) is 0 Å². The molecule has 1 amide bonds. The standard InChI is InChI=1S/C18H21N3O2/c1-19-12-14-8-5-11-21(14)18(23)15-9-10-16(20-17(15)22)13-6-3-2-4-7-13/h2-4,6-7,9-10,14,19H,5,8,11-12H2,1H3,(H,20,22). The van der Waals surface area contributed by atoms with E-state index in [9.17, 15) is 9.59 Å². The molecule has 23 heavy (non-hydrogen) atoms. The second-order valence-corrected chi connectivity index (χ2v) is 5.83. The summed E-state index contributed by atoms with van der Waals surface area (Å²) in [6.07, 6.45) is 1.96. The van der Waals surface area contributed by atoms with Gasteiger partial charge in [-0.25, -0.2) is 0 Å². The van der Waals surface area contributed by atoms with Gasteiger partial charge in [-0.2, -0.15) is 0 Å². The average molecular weight is 311 g/mol. The van der Waals surface area contributed by atoms with Crippen LogP contribution in [-0.4, -0.2) is 42.0 Å². The summed E-state index contributed by atoms with van der Waals surface area (Å²) in [5.74, 6) is -0.177. The minimum Gasteiger partial charge on any atom is -0.334 e. The summed E-state index contributed by atoms with van der Waals surface area (Å²) in [6.45, 7) is 1.47. The number of benzene rings is 1. The molecule has 1 unspecified atom stereocenters. The van der Waals surface area contributed by atoms with Gasteiger partial charge in [0.05, 0.1) is 0 Å². The Labute approximate surface area is 135 Å². The first kappa shape index (κ1) is 15.5. The highest BCUT2D eigenvalue weighted by molar-refractivity contribution is 5.94. The van der Waals surface area contributed by atoms with Crippen molar-refractivity contribution >= 4 is 5.91 Å². The summed E-state index contributed by atoms with van der Waals surface area (Å²) in [6, 6.07) is 13.2. The Kier molecular flexibility index (Phi) is 4.57. The normalized spacial score (nSPS) is 17.4. The molecule has 0 bridgehead atoms. The van der Waals surface area contributed by atoms with E-state index in [2.05, 4.69) is 10.3 Å². The van der Waals surface area contributed by atoms with Crippen molar-refractivity contribution < 1.29 is 4.79 Å². The number of H-pyrrole nitrogens is 1. The number of nitrogens with one attached hydrogen (secondary N) is 2. The lowest BCUT2D eigenvalue weighted by atomic mass is 10.1. The first-order chi connectivity index (χ1) is 11.2. The number of hydrogen-bond donors (Lipinski definition) is 2. The van der Waals surface area contributed by atoms with Crippen LogP contribution in [0.1, 0.15) is 23.2 Å². The molecule has 1 saturated heterocycles. The molecule has 2 N–H and O–H groups in total.